The monoisotopic (exact) mass is 372 g/mol. The van der Waals surface area contributed by atoms with Crippen LogP contribution in [0.25, 0.3) is 11.1 Å². The van der Waals surface area contributed by atoms with Crippen molar-refractivity contribution < 1.29 is 30.0 Å². The highest BCUT2D eigenvalue weighted by Gasteiger charge is 2.43. The molecule has 4 N–H and O–H groups in total. The molecule has 1 saturated heterocycles. The highest BCUT2D eigenvalue weighted by molar-refractivity contribution is 5.97. The number of hydrogen-bond acceptors (Lipinski definition) is 6. The van der Waals surface area contributed by atoms with Crippen LogP contribution in [0.3, 0.4) is 0 Å². The quantitative estimate of drug-likeness (QED) is 0.592. The number of benzene rings is 2. The average Bonchev–Trinajstić information content (AvgIpc) is 2.72. The highest BCUT2D eigenvalue weighted by Crippen LogP contribution is 2.33. The predicted molar refractivity (Wildman–Crippen MR) is 99.2 cm³/mol. The van der Waals surface area contributed by atoms with E-state index >= 15 is 0 Å². The predicted octanol–water partition coefficient (Wildman–Crippen LogP) is 1.46. The van der Waals surface area contributed by atoms with Gasteiger partial charge >= 0.3 is 0 Å². The van der Waals surface area contributed by atoms with Crippen molar-refractivity contribution in [1.82, 2.24) is 0 Å². The Morgan fingerprint density at radius 2 is 1.67 bits per heavy atom. The lowest BCUT2D eigenvalue weighted by atomic mass is 9.90. The third-order valence-corrected chi connectivity index (χ3v) is 4.97. The van der Waals surface area contributed by atoms with Gasteiger partial charge in [0.05, 0.1) is 6.61 Å². The first-order valence-corrected chi connectivity index (χ1v) is 9.00. The van der Waals surface area contributed by atoms with Crippen LogP contribution in [0, 0.1) is 0 Å². The van der Waals surface area contributed by atoms with Crippen molar-refractivity contribution >= 4 is 5.78 Å². The molecule has 0 aromatic heterocycles. The first-order valence-electron chi connectivity index (χ1n) is 9.00. The summed E-state index contributed by atoms with van der Waals surface area (Å²) in [6.07, 6.45) is -5.44. The minimum Gasteiger partial charge on any atom is -0.394 e. The van der Waals surface area contributed by atoms with E-state index in [1.807, 2.05) is 37.3 Å². The van der Waals surface area contributed by atoms with Crippen molar-refractivity contribution in [3.05, 3.63) is 59.7 Å². The minimum atomic E-state index is -1.41. The van der Waals surface area contributed by atoms with Crippen LogP contribution in [0.1, 0.15) is 35.4 Å². The van der Waals surface area contributed by atoms with Crippen LogP contribution in [-0.4, -0.2) is 57.2 Å². The number of hydrogen-bond donors (Lipinski definition) is 4. The third-order valence-electron chi connectivity index (χ3n) is 4.97. The van der Waals surface area contributed by atoms with E-state index in [2.05, 4.69) is 0 Å². The van der Waals surface area contributed by atoms with Crippen molar-refractivity contribution in [2.45, 2.75) is 43.9 Å². The molecule has 0 spiro atoms. The second-order valence-electron chi connectivity index (χ2n) is 6.73. The summed E-state index contributed by atoms with van der Waals surface area (Å²) in [6.45, 7) is 1.36. The van der Waals surface area contributed by atoms with Gasteiger partial charge in [-0.15, -0.1) is 0 Å². The van der Waals surface area contributed by atoms with Gasteiger partial charge in [0.1, 0.15) is 30.5 Å². The molecular weight excluding hydrogens is 348 g/mol. The molecule has 27 heavy (non-hydrogen) atoms. The van der Waals surface area contributed by atoms with Gasteiger partial charge in [0.25, 0.3) is 0 Å². The summed E-state index contributed by atoms with van der Waals surface area (Å²) in [4.78, 5) is 11.9. The van der Waals surface area contributed by atoms with Gasteiger partial charge in [-0.3, -0.25) is 4.79 Å². The molecule has 0 unspecified atom stereocenters. The molecule has 0 bridgehead atoms. The fraction of sp³-hybridized carbons (Fsp3) is 0.381. The Balaban J connectivity index is 1.84. The second kappa shape index (κ2) is 8.29. The molecule has 1 aliphatic heterocycles. The average molecular weight is 372 g/mol. The minimum absolute atomic E-state index is 0.0785. The summed E-state index contributed by atoms with van der Waals surface area (Å²) in [7, 11) is 0. The van der Waals surface area contributed by atoms with Crippen molar-refractivity contribution in [1.29, 1.82) is 0 Å². The van der Waals surface area contributed by atoms with Gasteiger partial charge in [0.2, 0.25) is 0 Å². The first-order chi connectivity index (χ1) is 13.0. The molecule has 2 aromatic carbocycles. The molecule has 1 aliphatic rings. The van der Waals surface area contributed by atoms with E-state index < -0.39 is 37.1 Å². The van der Waals surface area contributed by atoms with E-state index in [1.54, 1.807) is 18.2 Å². The van der Waals surface area contributed by atoms with E-state index in [0.29, 0.717) is 17.5 Å². The molecule has 6 heteroatoms. The molecule has 1 fully saturated rings. The molecule has 0 saturated carbocycles. The lowest BCUT2D eigenvalue weighted by Crippen LogP contribution is -2.55. The SMILES string of the molecule is CCC(=O)c1cccc(-c2ccc([C@H]3O[C@H](CO)[C@@H](O)[C@H](O)[C@@H]3O)cc2)c1. The Morgan fingerprint density at radius 1 is 0.963 bits per heavy atom. The van der Waals surface area contributed by atoms with Gasteiger partial charge in [-0.05, 0) is 22.8 Å². The van der Waals surface area contributed by atoms with Crippen molar-refractivity contribution in [3.8, 4) is 11.1 Å². The Hall–Kier alpha value is -2.09. The van der Waals surface area contributed by atoms with Gasteiger partial charge in [-0.2, -0.15) is 0 Å². The maximum atomic E-state index is 11.9. The number of aliphatic hydroxyl groups excluding tert-OH is 4. The Morgan fingerprint density at radius 3 is 2.30 bits per heavy atom. The highest BCUT2D eigenvalue weighted by atomic mass is 16.5. The summed E-state index contributed by atoms with van der Waals surface area (Å²) in [5, 5.41) is 39.4. The number of rotatable bonds is 5. The van der Waals surface area contributed by atoms with Gasteiger partial charge < -0.3 is 25.2 Å². The fourth-order valence-electron chi connectivity index (χ4n) is 3.32. The molecule has 144 valence electrons. The van der Waals surface area contributed by atoms with Crippen LogP contribution in [0.15, 0.2) is 48.5 Å². The van der Waals surface area contributed by atoms with Crippen LogP contribution in [0.5, 0.6) is 0 Å². The summed E-state index contributed by atoms with van der Waals surface area (Å²) < 4.78 is 5.57. The van der Waals surface area contributed by atoms with Crippen molar-refractivity contribution in [3.63, 3.8) is 0 Å². The second-order valence-corrected chi connectivity index (χ2v) is 6.73. The zero-order valence-electron chi connectivity index (χ0n) is 15.0. The maximum Gasteiger partial charge on any atom is 0.162 e. The van der Waals surface area contributed by atoms with Crippen molar-refractivity contribution in [2.75, 3.05) is 6.61 Å². The Bertz CT molecular complexity index is 786. The summed E-state index contributed by atoms with van der Waals surface area (Å²) in [6, 6.07) is 14.6. The van der Waals surface area contributed by atoms with E-state index in [1.165, 1.54) is 0 Å². The molecule has 0 radical (unpaired) electrons. The van der Waals surface area contributed by atoms with Gasteiger partial charge in [0.15, 0.2) is 5.78 Å². The van der Waals surface area contributed by atoms with E-state index in [4.69, 9.17) is 4.74 Å². The molecule has 3 rings (SSSR count). The van der Waals surface area contributed by atoms with Crippen LogP contribution >= 0.6 is 0 Å². The van der Waals surface area contributed by atoms with Gasteiger partial charge in [-0.25, -0.2) is 0 Å². The topological polar surface area (TPSA) is 107 Å². The van der Waals surface area contributed by atoms with E-state index in [0.717, 1.165) is 11.1 Å². The molecule has 0 aliphatic carbocycles. The third kappa shape index (κ3) is 3.95. The number of carbonyl (C=O) groups is 1. The van der Waals surface area contributed by atoms with Gasteiger partial charge in [-0.1, -0.05) is 49.4 Å². The molecule has 2 aromatic rings. The van der Waals surface area contributed by atoms with Crippen LogP contribution in [-0.2, 0) is 4.74 Å². The largest absolute Gasteiger partial charge is 0.394 e. The standard InChI is InChI=1S/C21H24O6/c1-2-16(23)15-5-3-4-14(10-15)12-6-8-13(9-7-12)21-20(26)19(25)18(24)17(11-22)27-21/h3-10,17-22,24-26H,2,11H2,1H3/t17-,18-,19+,20+,21-/m1/s1. The number of ether oxygens (including phenoxy) is 1. The van der Waals surface area contributed by atoms with Crippen LogP contribution < -0.4 is 0 Å². The van der Waals surface area contributed by atoms with Crippen LogP contribution in [0.4, 0.5) is 0 Å². The van der Waals surface area contributed by atoms with E-state index in [-0.39, 0.29) is 5.78 Å². The Labute approximate surface area is 157 Å². The van der Waals surface area contributed by atoms with E-state index in [9.17, 15) is 25.2 Å². The number of ketones is 1. The van der Waals surface area contributed by atoms with Gasteiger partial charge in [0, 0.05) is 12.0 Å². The molecule has 6 nitrogen and oxygen atoms in total. The first kappa shape index (κ1) is 19.7. The smallest absolute Gasteiger partial charge is 0.162 e. The summed E-state index contributed by atoms with van der Waals surface area (Å²) in [5.74, 6) is 0.0785. The molecular formula is C21H24O6. The molecule has 1 heterocycles. The molecule has 5 atom stereocenters. The van der Waals surface area contributed by atoms with Crippen LogP contribution in [0.2, 0.25) is 0 Å². The normalized spacial score (nSPS) is 28.1. The summed E-state index contributed by atoms with van der Waals surface area (Å²) in [5.41, 5.74) is 3.08. The van der Waals surface area contributed by atoms with Crippen molar-refractivity contribution in [2.24, 2.45) is 0 Å². The number of carbonyl (C=O) groups excluding carboxylic acids is 1. The zero-order chi connectivity index (χ0) is 19.6. The summed E-state index contributed by atoms with van der Waals surface area (Å²) >= 11 is 0. The molecule has 0 amide bonds. The Kier molecular flexibility index (Phi) is 6.04. The number of Topliss-reactive ketones (excluding diaryl/α,β-unsaturated/α-hetero) is 1. The maximum absolute atomic E-state index is 11.9. The number of aliphatic hydroxyl groups is 4. The lowest BCUT2D eigenvalue weighted by molar-refractivity contribution is -0.231. The fourth-order valence-corrected chi connectivity index (χ4v) is 3.32. The zero-order valence-corrected chi connectivity index (χ0v) is 15.0. The lowest BCUT2D eigenvalue weighted by Gasteiger charge is -2.40.